The van der Waals surface area contributed by atoms with Gasteiger partial charge in [0.2, 0.25) is 5.91 Å². The average molecular weight is 223 g/mol. The van der Waals surface area contributed by atoms with Gasteiger partial charge in [-0.3, -0.25) is 4.79 Å². The topological polar surface area (TPSA) is 101 Å². The lowest BCUT2D eigenvalue weighted by Gasteiger charge is -2.13. The molecule has 0 aromatic heterocycles. The van der Waals surface area contributed by atoms with E-state index in [1.54, 1.807) is 0 Å². The molecule has 0 aliphatic rings. The van der Waals surface area contributed by atoms with E-state index in [1.165, 1.54) is 6.92 Å². The molecule has 6 nitrogen and oxygen atoms in total. The third-order valence-corrected chi connectivity index (χ3v) is 2.10. The molecule has 4 N–H and O–H groups in total. The monoisotopic (exact) mass is 223 g/mol. The molecule has 0 fully saturated rings. The van der Waals surface area contributed by atoms with Gasteiger partial charge in [0.15, 0.2) is 0 Å². The van der Waals surface area contributed by atoms with Crippen molar-refractivity contribution in [3.8, 4) is 0 Å². The van der Waals surface area contributed by atoms with E-state index in [0.29, 0.717) is 12.5 Å². The van der Waals surface area contributed by atoms with Crippen LogP contribution < -0.4 is 15.2 Å². The number of amides is 1. The van der Waals surface area contributed by atoms with Gasteiger partial charge >= 0.3 is 0 Å². The van der Waals surface area contributed by atoms with Gasteiger partial charge in [-0.15, -0.1) is 0 Å². The SMILES string of the molecule is CC(C)CNC(=O)C(C)NS(N)(=O)=O. The van der Waals surface area contributed by atoms with Crippen molar-refractivity contribution in [1.82, 2.24) is 10.0 Å². The highest BCUT2D eigenvalue weighted by Crippen LogP contribution is 1.89. The summed E-state index contributed by atoms with van der Waals surface area (Å²) in [4.78, 5) is 11.2. The molecule has 1 atom stereocenters. The van der Waals surface area contributed by atoms with E-state index in [9.17, 15) is 13.2 Å². The maximum atomic E-state index is 11.2. The van der Waals surface area contributed by atoms with Gasteiger partial charge in [0.1, 0.15) is 0 Å². The maximum absolute atomic E-state index is 11.2. The molecular weight excluding hydrogens is 206 g/mol. The van der Waals surface area contributed by atoms with Crippen molar-refractivity contribution in [3.63, 3.8) is 0 Å². The predicted octanol–water partition coefficient (Wildman–Crippen LogP) is -1.06. The van der Waals surface area contributed by atoms with Crippen molar-refractivity contribution in [2.45, 2.75) is 26.8 Å². The molecule has 0 aliphatic heterocycles. The molecule has 0 aromatic carbocycles. The second-order valence-corrected chi connectivity index (χ2v) is 4.85. The second kappa shape index (κ2) is 5.28. The van der Waals surface area contributed by atoms with E-state index >= 15 is 0 Å². The standard InChI is InChI=1S/C7H17N3O3S/c1-5(2)4-9-7(11)6(3)10-14(8,12)13/h5-6,10H,4H2,1-3H3,(H,9,11)(H2,8,12,13). The Labute approximate surface area is 84.4 Å². The molecule has 0 rings (SSSR count). The number of hydrogen-bond donors (Lipinski definition) is 3. The van der Waals surface area contributed by atoms with Crippen LogP contribution in [0.5, 0.6) is 0 Å². The summed E-state index contributed by atoms with van der Waals surface area (Å²) in [5.41, 5.74) is 0. The molecule has 7 heteroatoms. The zero-order valence-corrected chi connectivity index (χ0v) is 9.39. The highest BCUT2D eigenvalue weighted by atomic mass is 32.2. The molecule has 0 saturated heterocycles. The Morgan fingerprint density at radius 2 is 1.86 bits per heavy atom. The van der Waals surface area contributed by atoms with E-state index in [4.69, 9.17) is 5.14 Å². The smallest absolute Gasteiger partial charge is 0.275 e. The summed E-state index contributed by atoms with van der Waals surface area (Å²) in [6.45, 7) is 5.83. The third-order valence-electron chi connectivity index (χ3n) is 1.42. The molecular formula is C7H17N3O3S. The third kappa shape index (κ3) is 6.81. The molecule has 0 heterocycles. The van der Waals surface area contributed by atoms with E-state index < -0.39 is 16.3 Å². The molecule has 14 heavy (non-hydrogen) atoms. The van der Waals surface area contributed by atoms with Gasteiger partial charge in [0, 0.05) is 6.54 Å². The minimum atomic E-state index is -3.82. The van der Waals surface area contributed by atoms with Gasteiger partial charge < -0.3 is 5.32 Å². The fourth-order valence-corrected chi connectivity index (χ4v) is 1.36. The van der Waals surface area contributed by atoms with Gasteiger partial charge in [-0.2, -0.15) is 13.1 Å². The summed E-state index contributed by atoms with van der Waals surface area (Å²) in [6, 6.07) is -0.844. The second-order valence-electron chi connectivity index (χ2n) is 3.52. The van der Waals surface area contributed by atoms with Crippen molar-refractivity contribution in [2.24, 2.45) is 11.1 Å². The average Bonchev–Trinajstić information content (AvgIpc) is 1.96. The van der Waals surface area contributed by atoms with Crippen LogP contribution in [0.15, 0.2) is 0 Å². The zero-order chi connectivity index (χ0) is 11.4. The summed E-state index contributed by atoms with van der Waals surface area (Å²) in [6.07, 6.45) is 0. The lowest BCUT2D eigenvalue weighted by Crippen LogP contribution is -2.47. The highest BCUT2D eigenvalue weighted by molar-refractivity contribution is 7.87. The Bertz CT molecular complexity index is 287. The van der Waals surface area contributed by atoms with E-state index in [1.807, 2.05) is 18.6 Å². The molecule has 0 radical (unpaired) electrons. The van der Waals surface area contributed by atoms with Gasteiger partial charge in [-0.1, -0.05) is 13.8 Å². The van der Waals surface area contributed by atoms with E-state index in [0.717, 1.165) is 0 Å². The molecule has 0 bridgehead atoms. The van der Waals surface area contributed by atoms with Crippen LogP contribution in [0, 0.1) is 5.92 Å². The molecule has 0 aliphatic carbocycles. The summed E-state index contributed by atoms with van der Waals surface area (Å²) in [5, 5.41) is 7.29. The van der Waals surface area contributed by atoms with Crippen LogP contribution in [0.25, 0.3) is 0 Å². The fraction of sp³-hybridized carbons (Fsp3) is 0.857. The van der Waals surface area contributed by atoms with Crippen molar-refractivity contribution < 1.29 is 13.2 Å². The Morgan fingerprint density at radius 1 is 1.36 bits per heavy atom. The van der Waals surface area contributed by atoms with E-state index in [2.05, 4.69) is 5.32 Å². The number of carbonyl (C=O) groups excluding carboxylic acids is 1. The number of rotatable bonds is 5. The molecule has 1 unspecified atom stereocenters. The van der Waals surface area contributed by atoms with Crippen molar-refractivity contribution in [3.05, 3.63) is 0 Å². The van der Waals surface area contributed by atoms with E-state index in [-0.39, 0.29) is 5.91 Å². The first kappa shape index (κ1) is 13.3. The quantitative estimate of drug-likeness (QED) is 0.553. The molecule has 0 aromatic rings. The van der Waals surface area contributed by atoms with Gasteiger partial charge in [0.05, 0.1) is 6.04 Å². The highest BCUT2D eigenvalue weighted by Gasteiger charge is 2.16. The lowest BCUT2D eigenvalue weighted by molar-refractivity contribution is -0.122. The Balaban J connectivity index is 4.01. The van der Waals surface area contributed by atoms with Gasteiger partial charge in [0.25, 0.3) is 10.2 Å². The summed E-state index contributed by atoms with van der Waals surface area (Å²) >= 11 is 0. The van der Waals surface area contributed by atoms with Crippen LogP contribution in [-0.2, 0) is 15.0 Å². The maximum Gasteiger partial charge on any atom is 0.275 e. The van der Waals surface area contributed by atoms with Crippen LogP contribution in [0.2, 0.25) is 0 Å². The molecule has 0 saturated carbocycles. The minimum Gasteiger partial charge on any atom is -0.354 e. The lowest BCUT2D eigenvalue weighted by atomic mass is 10.2. The van der Waals surface area contributed by atoms with Crippen molar-refractivity contribution in [1.29, 1.82) is 0 Å². The van der Waals surface area contributed by atoms with Crippen LogP contribution in [0.1, 0.15) is 20.8 Å². The zero-order valence-electron chi connectivity index (χ0n) is 8.57. The first-order valence-electron chi connectivity index (χ1n) is 4.30. The van der Waals surface area contributed by atoms with Crippen LogP contribution >= 0.6 is 0 Å². The first-order valence-corrected chi connectivity index (χ1v) is 5.84. The minimum absolute atomic E-state index is 0.320. The first-order chi connectivity index (χ1) is 6.22. The normalized spacial score (nSPS) is 14.1. The van der Waals surface area contributed by atoms with Gasteiger partial charge in [-0.05, 0) is 12.8 Å². The van der Waals surface area contributed by atoms with Crippen molar-refractivity contribution in [2.75, 3.05) is 6.54 Å². The fourth-order valence-electron chi connectivity index (χ4n) is 0.758. The summed E-state index contributed by atoms with van der Waals surface area (Å²) in [5.74, 6) is -0.0617. The van der Waals surface area contributed by atoms with Crippen LogP contribution in [0.4, 0.5) is 0 Å². The molecule has 0 spiro atoms. The van der Waals surface area contributed by atoms with Crippen LogP contribution in [0.3, 0.4) is 0 Å². The molecule has 84 valence electrons. The Hall–Kier alpha value is -0.660. The number of nitrogens with one attached hydrogen (secondary N) is 2. The number of hydrogen-bond acceptors (Lipinski definition) is 3. The summed E-state index contributed by atoms with van der Waals surface area (Å²) in [7, 11) is -3.82. The largest absolute Gasteiger partial charge is 0.354 e. The van der Waals surface area contributed by atoms with Crippen molar-refractivity contribution >= 4 is 16.1 Å². The summed E-state index contributed by atoms with van der Waals surface area (Å²) < 4.78 is 23.1. The Kier molecular flexibility index (Phi) is 5.03. The predicted molar refractivity (Wildman–Crippen MR) is 53.6 cm³/mol. The van der Waals surface area contributed by atoms with Gasteiger partial charge in [-0.25, -0.2) is 5.14 Å². The molecule has 1 amide bonds. The number of carbonyl (C=O) groups is 1. The number of nitrogens with two attached hydrogens (primary N) is 1. The van der Waals surface area contributed by atoms with Crippen LogP contribution in [-0.4, -0.2) is 26.9 Å². The Morgan fingerprint density at radius 3 is 2.21 bits per heavy atom.